The smallest absolute Gasteiger partial charge is 0.134 e. The second-order valence-electron chi connectivity index (χ2n) is 5.23. The fraction of sp³-hybridized carbons (Fsp3) is 0.353. The number of fused-ring (bicyclic) bond motifs is 1. The third-order valence-electron chi connectivity index (χ3n) is 3.85. The fourth-order valence-corrected chi connectivity index (χ4v) is 2.68. The lowest BCUT2D eigenvalue weighted by atomic mass is 10.1. The molecular weight excluding hydrogens is 262 g/mol. The van der Waals surface area contributed by atoms with Crippen LogP contribution in [-0.4, -0.2) is 16.1 Å². The van der Waals surface area contributed by atoms with Gasteiger partial charge in [-0.3, -0.25) is 0 Å². The Morgan fingerprint density at radius 1 is 1.29 bits per heavy atom. The molecule has 0 aliphatic heterocycles. The second kappa shape index (κ2) is 6.14. The molecule has 0 unspecified atom stereocenters. The number of rotatable bonds is 6. The number of hydrogen-bond donors (Lipinski definition) is 1. The van der Waals surface area contributed by atoms with Crippen LogP contribution in [-0.2, 0) is 26.4 Å². The third kappa shape index (κ3) is 2.85. The summed E-state index contributed by atoms with van der Waals surface area (Å²) in [7, 11) is 2.03. The first-order valence-corrected chi connectivity index (χ1v) is 7.45. The van der Waals surface area contributed by atoms with Crippen LogP contribution >= 0.6 is 0 Å². The van der Waals surface area contributed by atoms with Gasteiger partial charge in [0.05, 0.1) is 0 Å². The molecule has 4 heteroatoms. The summed E-state index contributed by atoms with van der Waals surface area (Å²) in [5.41, 5.74) is 2.27. The van der Waals surface area contributed by atoms with Crippen molar-refractivity contribution in [2.24, 2.45) is 7.05 Å². The first-order chi connectivity index (χ1) is 10.3. The minimum atomic E-state index is 0.838. The van der Waals surface area contributed by atoms with Crippen molar-refractivity contribution in [2.45, 2.75) is 26.3 Å². The predicted octanol–water partition coefficient (Wildman–Crippen LogP) is 3.06. The first kappa shape index (κ1) is 13.9. The highest BCUT2D eigenvalue weighted by Crippen LogP contribution is 2.26. The monoisotopic (exact) mass is 283 g/mol. The van der Waals surface area contributed by atoms with E-state index < -0.39 is 0 Å². The Kier molecular flexibility index (Phi) is 4.06. The van der Waals surface area contributed by atoms with E-state index in [1.807, 2.05) is 31.6 Å². The molecule has 0 spiro atoms. The van der Waals surface area contributed by atoms with Gasteiger partial charge in [0.25, 0.3) is 0 Å². The van der Waals surface area contributed by atoms with Crippen LogP contribution in [0.25, 0.3) is 11.0 Å². The molecule has 0 amide bonds. The highest BCUT2D eigenvalue weighted by atomic mass is 16.3. The minimum Gasteiger partial charge on any atom is -0.461 e. The summed E-state index contributed by atoms with van der Waals surface area (Å²) < 4.78 is 7.98. The summed E-state index contributed by atoms with van der Waals surface area (Å²) in [6.45, 7) is 3.88. The van der Waals surface area contributed by atoms with E-state index in [1.165, 1.54) is 10.9 Å². The molecule has 3 aromatic rings. The van der Waals surface area contributed by atoms with Gasteiger partial charge >= 0.3 is 0 Å². The Morgan fingerprint density at radius 2 is 2.14 bits per heavy atom. The number of furan rings is 1. The quantitative estimate of drug-likeness (QED) is 0.707. The maximum Gasteiger partial charge on any atom is 0.134 e. The zero-order valence-corrected chi connectivity index (χ0v) is 12.6. The van der Waals surface area contributed by atoms with E-state index in [4.69, 9.17) is 4.42 Å². The van der Waals surface area contributed by atoms with E-state index in [-0.39, 0.29) is 0 Å². The summed E-state index contributed by atoms with van der Waals surface area (Å²) in [6, 6.07) is 8.25. The summed E-state index contributed by atoms with van der Waals surface area (Å²) in [4.78, 5) is 4.34. The van der Waals surface area contributed by atoms with Gasteiger partial charge in [-0.05, 0) is 6.07 Å². The SMILES string of the molecule is CCc1oc2ccccc2c1CNCCc1nccn1C. The van der Waals surface area contributed by atoms with E-state index in [9.17, 15) is 0 Å². The number of hydrogen-bond acceptors (Lipinski definition) is 3. The van der Waals surface area contributed by atoms with Crippen molar-refractivity contribution in [1.82, 2.24) is 14.9 Å². The van der Waals surface area contributed by atoms with Crippen molar-refractivity contribution >= 4 is 11.0 Å². The molecule has 0 fully saturated rings. The molecule has 0 saturated carbocycles. The molecule has 4 nitrogen and oxygen atoms in total. The van der Waals surface area contributed by atoms with Gasteiger partial charge in [0.15, 0.2) is 0 Å². The summed E-state index contributed by atoms with van der Waals surface area (Å²) in [6.07, 6.45) is 5.67. The molecule has 0 aliphatic carbocycles. The zero-order chi connectivity index (χ0) is 14.7. The highest BCUT2D eigenvalue weighted by molar-refractivity contribution is 5.82. The molecule has 0 saturated heterocycles. The number of nitrogens with one attached hydrogen (secondary N) is 1. The van der Waals surface area contributed by atoms with Crippen LogP contribution < -0.4 is 5.32 Å². The molecule has 2 heterocycles. The molecule has 110 valence electrons. The van der Waals surface area contributed by atoms with E-state index in [0.717, 1.165) is 43.1 Å². The average molecular weight is 283 g/mol. The van der Waals surface area contributed by atoms with Crippen molar-refractivity contribution in [3.8, 4) is 0 Å². The predicted molar refractivity (Wildman–Crippen MR) is 84.2 cm³/mol. The maximum absolute atomic E-state index is 5.91. The van der Waals surface area contributed by atoms with Crippen molar-refractivity contribution in [2.75, 3.05) is 6.54 Å². The zero-order valence-electron chi connectivity index (χ0n) is 12.6. The van der Waals surface area contributed by atoms with Crippen LogP contribution in [0, 0.1) is 0 Å². The van der Waals surface area contributed by atoms with Crippen LogP contribution in [0.2, 0.25) is 0 Å². The molecular formula is C17H21N3O. The lowest BCUT2D eigenvalue weighted by molar-refractivity contribution is 0.543. The van der Waals surface area contributed by atoms with Crippen LogP contribution in [0.15, 0.2) is 41.1 Å². The normalized spacial score (nSPS) is 11.3. The van der Waals surface area contributed by atoms with E-state index in [2.05, 4.69) is 33.9 Å². The minimum absolute atomic E-state index is 0.838. The molecule has 0 radical (unpaired) electrons. The van der Waals surface area contributed by atoms with Gasteiger partial charge in [-0.2, -0.15) is 0 Å². The molecule has 21 heavy (non-hydrogen) atoms. The maximum atomic E-state index is 5.91. The second-order valence-corrected chi connectivity index (χ2v) is 5.23. The van der Waals surface area contributed by atoms with Gasteiger partial charge in [-0.1, -0.05) is 25.1 Å². The molecule has 0 bridgehead atoms. The van der Waals surface area contributed by atoms with Crippen molar-refractivity contribution in [3.63, 3.8) is 0 Å². The lowest BCUT2D eigenvalue weighted by Crippen LogP contribution is -2.18. The topological polar surface area (TPSA) is 43.0 Å². The molecule has 1 N–H and O–H groups in total. The number of para-hydroxylation sites is 1. The van der Waals surface area contributed by atoms with Gasteiger partial charge in [-0.15, -0.1) is 0 Å². The molecule has 1 aromatic carbocycles. The Bertz CT molecular complexity index is 727. The van der Waals surface area contributed by atoms with Crippen LogP contribution in [0.3, 0.4) is 0 Å². The number of nitrogens with zero attached hydrogens (tertiary/aromatic N) is 2. The number of benzene rings is 1. The van der Waals surface area contributed by atoms with Gasteiger partial charge in [-0.25, -0.2) is 4.98 Å². The van der Waals surface area contributed by atoms with Gasteiger partial charge in [0.2, 0.25) is 0 Å². The number of aryl methyl sites for hydroxylation is 2. The fourth-order valence-electron chi connectivity index (χ4n) is 2.68. The van der Waals surface area contributed by atoms with E-state index >= 15 is 0 Å². The van der Waals surface area contributed by atoms with Crippen LogP contribution in [0.1, 0.15) is 24.1 Å². The van der Waals surface area contributed by atoms with Gasteiger partial charge in [0, 0.05) is 56.3 Å². The van der Waals surface area contributed by atoms with Crippen molar-refractivity contribution in [3.05, 3.63) is 53.8 Å². The Labute approximate surface area is 124 Å². The Hall–Kier alpha value is -2.07. The van der Waals surface area contributed by atoms with Crippen LogP contribution in [0.5, 0.6) is 0 Å². The number of imidazole rings is 1. The summed E-state index contributed by atoms with van der Waals surface area (Å²) in [5.74, 6) is 2.19. The Balaban J connectivity index is 1.66. The van der Waals surface area contributed by atoms with E-state index in [1.54, 1.807) is 0 Å². The van der Waals surface area contributed by atoms with Crippen LogP contribution in [0.4, 0.5) is 0 Å². The lowest BCUT2D eigenvalue weighted by Gasteiger charge is -2.05. The van der Waals surface area contributed by atoms with Crippen molar-refractivity contribution < 1.29 is 4.42 Å². The highest BCUT2D eigenvalue weighted by Gasteiger charge is 2.11. The molecule has 2 aromatic heterocycles. The average Bonchev–Trinajstić information content (AvgIpc) is 3.07. The molecule has 3 rings (SSSR count). The van der Waals surface area contributed by atoms with Gasteiger partial charge in [0.1, 0.15) is 17.2 Å². The molecule has 0 atom stereocenters. The third-order valence-corrected chi connectivity index (χ3v) is 3.85. The largest absolute Gasteiger partial charge is 0.461 e. The first-order valence-electron chi connectivity index (χ1n) is 7.45. The molecule has 0 aliphatic rings. The Morgan fingerprint density at radius 3 is 2.90 bits per heavy atom. The summed E-state index contributed by atoms with van der Waals surface area (Å²) >= 11 is 0. The van der Waals surface area contributed by atoms with Gasteiger partial charge < -0.3 is 14.3 Å². The summed E-state index contributed by atoms with van der Waals surface area (Å²) in [5, 5.41) is 4.73. The standard InChI is InChI=1S/C17H21N3O/c1-3-15-14(13-6-4-5-7-16(13)21-15)12-18-9-8-17-19-10-11-20(17)2/h4-7,10-11,18H,3,8-9,12H2,1-2H3. The van der Waals surface area contributed by atoms with E-state index in [0.29, 0.717) is 0 Å². The van der Waals surface area contributed by atoms with Crippen molar-refractivity contribution in [1.29, 1.82) is 0 Å². The number of aromatic nitrogens is 2.